The van der Waals surface area contributed by atoms with Crippen LogP contribution in [0.4, 0.5) is 5.13 Å². The average molecular weight is 505 g/mol. The summed E-state index contributed by atoms with van der Waals surface area (Å²) in [5.74, 6) is 0.835. The third kappa shape index (κ3) is 5.84. The minimum Gasteiger partial charge on any atom is -0.496 e. The van der Waals surface area contributed by atoms with Crippen molar-refractivity contribution in [1.29, 1.82) is 0 Å². The zero-order valence-electron chi connectivity index (χ0n) is 18.1. The number of ether oxygens (including phenoxy) is 1. The molecule has 0 atom stereocenters. The molecule has 8 nitrogen and oxygen atoms in total. The Morgan fingerprint density at radius 1 is 1.12 bits per heavy atom. The van der Waals surface area contributed by atoms with Crippen molar-refractivity contribution >= 4 is 44.2 Å². The summed E-state index contributed by atoms with van der Waals surface area (Å²) in [6, 6.07) is 14.2. The molecule has 0 radical (unpaired) electrons. The second-order valence-electron chi connectivity index (χ2n) is 7.47. The Morgan fingerprint density at radius 3 is 2.61 bits per heavy atom. The van der Waals surface area contributed by atoms with Crippen LogP contribution in [0.2, 0.25) is 0 Å². The molecule has 1 aromatic heterocycles. The van der Waals surface area contributed by atoms with Crippen LogP contribution in [0, 0.1) is 0 Å². The number of likely N-dealkylation sites (tertiary alicyclic amines) is 1. The largest absolute Gasteiger partial charge is 0.496 e. The summed E-state index contributed by atoms with van der Waals surface area (Å²) in [5, 5.41) is 8.20. The highest BCUT2D eigenvalue weighted by Crippen LogP contribution is 2.30. The van der Waals surface area contributed by atoms with E-state index in [1.165, 1.54) is 48.4 Å². The number of carbonyl (C=O) groups excluding carboxylic acids is 1. The predicted molar refractivity (Wildman–Crippen MR) is 129 cm³/mol. The van der Waals surface area contributed by atoms with Gasteiger partial charge in [-0.1, -0.05) is 53.4 Å². The number of thioether (sulfide) groups is 1. The Morgan fingerprint density at radius 2 is 1.88 bits per heavy atom. The number of nitrogens with zero attached hydrogens (tertiary/aromatic N) is 3. The van der Waals surface area contributed by atoms with Gasteiger partial charge in [0, 0.05) is 18.8 Å². The van der Waals surface area contributed by atoms with Crippen LogP contribution in [0.5, 0.6) is 5.75 Å². The lowest BCUT2D eigenvalue weighted by Crippen LogP contribution is -2.35. The first kappa shape index (κ1) is 23.5. The average Bonchev–Trinajstić information content (AvgIpc) is 3.29. The molecule has 1 N–H and O–H groups in total. The number of amides is 1. The number of benzene rings is 2. The Kier molecular flexibility index (Phi) is 7.51. The van der Waals surface area contributed by atoms with Gasteiger partial charge >= 0.3 is 0 Å². The van der Waals surface area contributed by atoms with Gasteiger partial charge in [0.2, 0.25) is 5.13 Å². The van der Waals surface area contributed by atoms with Crippen LogP contribution in [-0.2, 0) is 15.8 Å². The number of nitrogens with one attached hydrogen (secondary N) is 1. The summed E-state index contributed by atoms with van der Waals surface area (Å²) in [4.78, 5) is 14.7. The third-order valence-electron chi connectivity index (χ3n) is 5.19. The zero-order chi connectivity index (χ0) is 23.3. The van der Waals surface area contributed by atoms with E-state index < -0.39 is 10.0 Å². The van der Waals surface area contributed by atoms with Crippen LogP contribution < -0.4 is 9.46 Å². The quantitative estimate of drug-likeness (QED) is 0.457. The van der Waals surface area contributed by atoms with E-state index >= 15 is 0 Å². The maximum absolute atomic E-state index is 13.0. The molecule has 1 fully saturated rings. The topological polar surface area (TPSA) is 101 Å². The Balaban J connectivity index is 1.49. The van der Waals surface area contributed by atoms with E-state index in [0.717, 1.165) is 24.8 Å². The molecule has 2 heterocycles. The van der Waals surface area contributed by atoms with Crippen LogP contribution in [0.15, 0.2) is 57.8 Å². The highest BCUT2D eigenvalue weighted by atomic mass is 32.2. The van der Waals surface area contributed by atoms with Crippen LogP contribution in [-0.4, -0.2) is 49.6 Å². The normalized spacial score (nSPS) is 14.2. The standard InChI is InChI=1S/C22H24N4O4S3/c1-30-19-11-10-17(14-18(19)20(27)26-12-6-3-7-13-26)33(28,29)25-21-23-24-22(32-21)31-15-16-8-4-2-5-9-16/h2,4-5,8-11,14H,3,6-7,12-13,15H2,1H3,(H,23,25). The lowest BCUT2D eigenvalue weighted by Gasteiger charge is -2.27. The van der Waals surface area contributed by atoms with E-state index in [9.17, 15) is 13.2 Å². The highest BCUT2D eigenvalue weighted by molar-refractivity contribution is 8.00. The molecule has 11 heteroatoms. The molecule has 4 rings (SSSR count). The molecule has 0 spiro atoms. The summed E-state index contributed by atoms with van der Waals surface area (Å²) in [5.41, 5.74) is 1.38. The zero-order valence-corrected chi connectivity index (χ0v) is 20.5. The second-order valence-corrected chi connectivity index (χ2v) is 11.4. The first-order chi connectivity index (χ1) is 16.0. The Hall–Kier alpha value is -2.63. The van der Waals surface area contributed by atoms with E-state index in [1.807, 2.05) is 30.3 Å². The van der Waals surface area contributed by atoms with E-state index in [4.69, 9.17) is 4.74 Å². The number of aromatic nitrogens is 2. The van der Waals surface area contributed by atoms with Crippen LogP contribution in [0.25, 0.3) is 0 Å². The van der Waals surface area contributed by atoms with Gasteiger partial charge in [-0.25, -0.2) is 8.42 Å². The van der Waals surface area contributed by atoms with Crippen molar-refractivity contribution in [3.05, 3.63) is 59.7 Å². The number of sulfonamides is 1. The fourth-order valence-electron chi connectivity index (χ4n) is 3.49. The van der Waals surface area contributed by atoms with Gasteiger partial charge in [-0.15, -0.1) is 10.2 Å². The van der Waals surface area contributed by atoms with Gasteiger partial charge in [0.25, 0.3) is 15.9 Å². The molecule has 0 unspecified atom stereocenters. The molecule has 3 aromatic rings. The number of methoxy groups -OCH3 is 1. The number of anilines is 1. The summed E-state index contributed by atoms with van der Waals surface area (Å²) in [6.45, 7) is 1.32. The minimum atomic E-state index is -3.96. The molecule has 33 heavy (non-hydrogen) atoms. The van der Waals surface area contributed by atoms with E-state index in [1.54, 1.807) is 4.90 Å². The Labute approximate surface area is 201 Å². The number of piperidine rings is 1. The van der Waals surface area contributed by atoms with Crippen molar-refractivity contribution in [3.8, 4) is 5.75 Å². The lowest BCUT2D eigenvalue weighted by atomic mass is 10.1. The van der Waals surface area contributed by atoms with Gasteiger partial charge in [0.1, 0.15) is 5.75 Å². The monoisotopic (exact) mass is 504 g/mol. The van der Waals surface area contributed by atoms with Crippen molar-refractivity contribution in [3.63, 3.8) is 0 Å². The van der Waals surface area contributed by atoms with Crippen molar-refractivity contribution in [2.45, 2.75) is 34.3 Å². The fourth-order valence-corrected chi connectivity index (χ4v) is 6.45. The molecule has 1 amide bonds. The predicted octanol–water partition coefficient (Wildman–Crippen LogP) is 4.27. The van der Waals surface area contributed by atoms with E-state index in [2.05, 4.69) is 14.9 Å². The SMILES string of the molecule is COc1ccc(S(=O)(=O)Nc2nnc(SCc3ccccc3)s2)cc1C(=O)N1CCCCC1. The maximum Gasteiger partial charge on any atom is 0.263 e. The summed E-state index contributed by atoms with van der Waals surface area (Å²) >= 11 is 2.65. The Bertz CT molecular complexity index is 1210. The number of carbonyl (C=O) groups is 1. The number of rotatable bonds is 8. The molecule has 1 saturated heterocycles. The van der Waals surface area contributed by atoms with Gasteiger partial charge in [0.15, 0.2) is 4.34 Å². The first-order valence-electron chi connectivity index (χ1n) is 10.5. The molecular formula is C22H24N4O4S3. The molecular weight excluding hydrogens is 480 g/mol. The summed E-state index contributed by atoms with van der Waals surface area (Å²) in [6.07, 6.45) is 2.97. The molecule has 0 bridgehead atoms. The van der Waals surface area contributed by atoms with E-state index in [-0.39, 0.29) is 21.5 Å². The van der Waals surface area contributed by atoms with Gasteiger partial charge < -0.3 is 9.64 Å². The van der Waals surface area contributed by atoms with Crippen molar-refractivity contribution in [2.24, 2.45) is 0 Å². The smallest absolute Gasteiger partial charge is 0.263 e. The molecule has 0 aliphatic carbocycles. The van der Waals surface area contributed by atoms with Crippen molar-refractivity contribution in [2.75, 3.05) is 24.9 Å². The molecule has 2 aromatic carbocycles. The molecule has 1 aliphatic rings. The van der Waals surface area contributed by atoms with Gasteiger partial charge in [-0.2, -0.15) is 0 Å². The first-order valence-corrected chi connectivity index (χ1v) is 13.7. The van der Waals surface area contributed by atoms with Gasteiger partial charge in [-0.05, 0) is 43.0 Å². The van der Waals surface area contributed by atoms with Crippen molar-refractivity contribution < 1.29 is 17.9 Å². The third-order valence-corrected chi connectivity index (χ3v) is 8.70. The van der Waals surface area contributed by atoms with Crippen LogP contribution in [0.1, 0.15) is 35.2 Å². The van der Waals surface area contributed by atoms with E-state index in [0.29, 0.717) is 28.9 Å². The number of hydrogen-bond acceptors (Lipinski definition) is 8. The van der Waals surface area contributed by atoms with Crippen LogP contribution >= 0.6 is 23.1 Å². The highest BCUT2D eigenvalue weighted by Gasteiger charge is 2.25. The summed E-state index contributed by atoms with van der Waals surface area (Å²) < 4.78 is 34.5. The van der Waals surface area contributed by atoms with Crippen LogP contribution in [0.3, 0.4) is 0 Å². The van der Waals surface area contributed by atoms with Gasteiger partial charge in [0.05, 0.1) is 17.6 Å². The fraction of sp³-hybridized carbons (Fsp3) is 0.318. The lowest BCUT2D eigenvalue weighted by molar-refractivity contribution is 0.0720. The summed E-state index contributed by atoms with van der Waals surface area (Å²) in [7, 11) is -2.49. The number of hydrogen-bond donors (Lipinski definition) is 1. The van der Waals surface area contributed by atoms with Crippen molar-refractivity contribution in [1.82, 2.24) is 15.1 Å². The van der Waals surface area contributed by atoms with Gasteiger partial charge in [-0.3, -0.25) is 9.52 Å². The maximum atomic E-state index is 13.0. The molecule has 0 saturated carbocycles. The molecule has 1 aliphatic heterocycles. The molecule has 174 valence electrons. The second kappa shape index (κ2) is 10.5. The minimum absolute atomic E-state index is 0.0302.